The standard InChI is InChI=1S/C68H121O11P/c1-4-7-10-13-16-19-22-25-28-30-32-34-37-39-42-45-48-51-54-57-66(70)75-61-65(79-68(72)59-56-53-50-47-44-41-38-35-33-31-29-26-23-20-17-14-11-8-5-2)63-77-80(73,74)76-62-64(60-69)78-67(71)58-55-52-49-46-43-40-36-27-24-21-18-15-12-9-6-3/h9,12,17-18,20-21,25-29,36,64-65,69H,4-8,10-11,13-16,19,22-24,30-35,37-63H2,1-3H3,(H,73,74)/b12-9-,20-17-,21-18-,28-25-,29-26-,36-27-. The van der Waals surface area contributed by atoms with Crippen molar-refractivity contribution in [2.24, 2.45) is 0 Å². The Morgan fingerprint density at radius 3 is 1.04 bits per heavy atom. The van der Waals surface area contributed by atoms with Gasteiger partial charge >= 0.3 is 25.7 Å². The first-order valence-electron chi connectivity index (χ1n) is 32.8. The molecule has 0 amide bonds. The molecule has 0 aromatic carbocycles. The molecule has 0 aliphatic carbocycles. The number of carbonyl (C=O) groups is 3. The Bertz CT molecular complexity index is 1620. The molecule has 80 heavy (non-hydrogen) atoms. The third-order valence-electron chi connectivity index (χ3n) is 14.1. The molecule has 464 valence electrons. The summed E-state index contributed by atoms with van der Waals surface area (Å²) in [7, 11) is -4.76. The van der Waals surface area contributed by atoms with Crippen LogP contribution < -0.4 is 0 Å². The van der Waals surface area contributed by atoms with E-state index in [1.807, 2.05) is 0 Å². The van der Waals surface area contributed by atoms with Gasteiger partial charge in [0, 0.05) is 19.3 Å². The second-order valence-corrected chi connectivity index (χ2v) is 23.3. The molecule has 0 heterocycles. The molecule has 2 N–H and O–H groups in total. The minimum Gasteiger partial charge on any atom is -0.462 e. The highest BCUT2D eigenvalue weighted by molar-refractivity contribution is 7.47. The van der Waals surface area contributed by atoms with Gasteiger partial charge in [-0.05, 0) is 109 Å². The summed E-state index contributed by atoms with van der Waals surface area (Å²) in [6, 6.07) is 0. The number of phosphoric acid groups is 1. The third kappa shape index (κ3) is 59.5. The Balaban J connectivity index is 4.71. The molecule has 12 heteroatoms. The van der Waals surface area contributed by atoms with E-state index in [0.717, 1.165) is 103 Å². The smallest absolute Gasteiger partial charge is 0.462 e. The van der Waals surface area contributed by atoms with E-state index in [-0.39, 0.29) is 25.9 Å². The number of phosphoric ester groups is 1. The lowest BCUT2D eigenvalue weighted by Crippen LogP contribution is -2.30. The zero-order valence-electron chi connectivity index (χ0n) is 51.5. The van der Waals surface area contributed by atoms with Crippen LogP contribution in [0.5, 0.6) is 0 Å². The maximum absolute atomic E-state index is 13.0. The quantitative estimate of drug-likeness (QED) is 0.0197. The summed E-state index contributed by atoms with van der Waals surface area (Å²) in [6.45, 7) is 4.53. The fraction of sp³-hybridized carbons (Fsp3) is 0.779. The van der Waals surface area contributed by atoms with E-state index in [4.69, 9.17) is 23.3 Å². The van der Waals surface area contributed by atoms with Crippen LogP contribution in [0.2, 0.25) is 0 Å². The van der Waals surface area contributed by atoms with Gasteiger partial charge in [-0.3, -0.25) is 23.4 Å². The van der Waals surface area contributed by atoms with Crippen molar-refractivity contribution in [2.45, 2.75) is 315 Å². The van der Waals surface area contributed by atoms with Gasteiger partial charge in [-0.2, -0.15) is 0 Å². The summed E-state index contributed by atoms with van der Waals surface area (Å²) >= 11 is 0. The molecule has 0 aliphatic rings. The second-order valence-electron chi connectivity index (χ2n) is 21.9. The fourth-order valence-corrected chi connectivity index (χ4v) is 9.89. The van der Waals surface area contributed by atoms with Gasteiger partial charge < -0.3 is 24.2 Å². The van der Waals surface area contributed by atoms with Crippen LogP contribution in [-0.4, -0.2) is 66.5 Å². The van der Waals surface area contributed by atoms with Crippen molar-refractivity contribution in [3.63, 3.8) is 0 Å². The number of aliphatic hydroxyl groups is 1. The SMILES string of the molecule is CC/C=C\C/C=C\C/C=C\CCCCCCCC(=O)OC(CO)COP(=O)(O)OCC(COC(=O)CCCCCCCCCCC/C=C\CCCCCCCC)OC(=O)CCCCCCCCCCC/C=C\C/C=C\CCCCC. The van der Waals surface area contributed by atoms with E-state index in [2.05, 4.69) is 93.7 Å². The number of hydrogen-bond acceptors (Lipinski definition) is 10. The summed E-state index contributed by atoms with van der Waals surface area (Å²) < 4.78 is 39.7. The zero-order chi connectivity index (χ0) is 58.3. The van der Waals surface area contributed by atoms with E-state index in [1.54, 1.807) is 0 Å². The third-order valence-corrected chi connectivity index (χ3v) is 15.0. The van der Waals surface area contributed by atoms with Gasteiger partial charge in [0.25, 0.3) is 0 Å². The van der Waals surface area contributed by atoms with Gasteiger partial charge in [-0.25, -0.2) is 4.57 Å². The molecular weight excluding hydrogens is 1020 g/mol. The van der Waals surface area contributed by atoms with E-state index in [0.29, 0.717) is 19.3 Å². The molecule has 0 aromatic heterocycles. The van der Waals surface area contributed by atoms with Crippen LogP contribution in [0.1, 0.15) is 303 Å². The van der Waals surface area contributed by atoms with Gasteiger partial charge in [0.05, 0.1) is 19.8 Å². The maximum Gasteiger partial charge on any atom is 0.472 e. The molecule has 3 unspecified atom stereocenters. The molecule has 0 aliphatic heterocycles. The number of ether oxygens (including phenoxy) is 3. The Labute approximate surface area is 490 Å². The van der Waals surface area contributed by atoms with Crippen molar-refractivity contribution in [2.75, 3.05) is 26.4 Å². The van der Waals surface area contributed by atoms with Crippen LogP contribution in [0.4, 0.5) is 0 Å². The highest BCUT2D eigenvalue weighted by Crippen LogP contribution is 2.43. The molecule has 0 aromatic rings. The molecule has 0 saturated carbocycles. The molecular formula is C68H121O11P. The topological polar surface area (TPSA) is 155 Å². The summed E-state index contributed by atoms with van der Waals surface area (Å²) in [4.78, 5) is 48.8. The van der Waals surface area contributed by atoms with E-state index >= 15 is 0 Å². The van der Waals surface area contributed by atoms with E-state index < -0.39 is 57.8 Å². The molecule has 0 fully saturated rings. The number of carbonyl (C=O) groups excluding carboxylic acids is 3. The molecule has 0 saturated heterocycles. The molecule has 11 nitrogen and oxygen atoms in total. The molecule has 3 atom stereocenters. The Kier molecular flexibility index (Phi) is 59.6. The lowest BCUT2D eigenvalue weighted by molar-refractivity contribution is -0.161. The Morgan fingerprint density at radius 2 is 0.650 bits per heavy atom. The van der Waals surface area contributed by atoms with Crippen molar-refractivity contribution in [3.8, 4) is 0 Å². The molecule has 0 radical (unpaired) electrons. The summed E-state index contributed by atoms with van der Waals surface area (Å²) in [5.41, 5.74) is 0. The number of hydrogen-bond donors (Lipinski definition) is 2. The molecule has 0 spiro atoms. The normalized spacial score (nSPS) is 13.7. The largest absolute Gasteiger partial charge is 0.472 e. The maximum atomic E-state index is 13.0. The average Bonchev–Trinajstić information content (AvgIpc) is 3.45. The van der Waals surface area contributed by atoms with Gasteiger partial charge in [-0.1, -0.05) is 248 Å². The van der Waals surface area contributed by atoms with Crippen molar-refractivity contribution < 1.29 is 52.2 Å². The number of allylic oxidation sites excluding steroid dienone is 12. The zero-order valence-corrected chi connectivity index (χ0v) is 52.4. The Hall–Kier alpha value is -3.08. The van der Waals surface area contributed by atoms with Crippen LogP contribution in [0, 0.1) is 0 Å². The van der Waals surface area contributed by atoms with Crippen LogP contribution in [0.25, 0.3) is 0 Å². The van der Waals surface area contributed by atoms with Crippen LogP contribution in [0.15, 0.2) is 72.9 Å². The highest BCUT2D eigenvalue weighted by Gasteiger charge is 2.28. The van der Waals surface area contributed by atoms with Crippen LogP contribution >= 0.6 is 7.82 Å². The summed E-state index contributed by atoms with van der Waals surface area (Å²) in [5.74, 6) is -1.48. The number of esters is 3. The van der Waals surface area contributed by atoms with Crippen LogP contribution in [0.3, 0.4) is 0 Å². The van der Waals surface area contributed by atoms with E-state index in [1.165, 1.54) is 141 Å². The number of unbranched alkanes of at least 4 members (excludes halogenated alkanes) is 32. The summed E-state index contributed by atoms with van der Waals surface area (Å²) in [5, 5.41) is 9.85. The van der Waals surface area contributed by atoms with Gasteiger partial charge in [0.1, 0.15) is 12.7 Å². The van der Waals surface area contributed by atoms with Gasteiger partial charge in [0.15, 0.2) is 6.10 Å². The highest BCUT2D eigenvalue weighted by atomic mass is 31.2. The summed E-state index contributed by atoms with van der Waals surface area (Å²) in [6.07, 6.45) is 71.3. The van der Waals surface area contributed by atoms with Crippen molar-refractivity contribution in [3.05, 3.63) is 72.9 Å². The number of aliphatic hydroxyl groups excluding tert-OH is 1. The van der Waals surface area contributed by atoms with Crippen LogP contribution in [-0.2, 0) is 42.2 Å². The first kappa shape index (κ1) is 76.9. The lowest BCUT2D eigenvalue weighted by Gasteiger charge is -2.21. The van der Waals surface area contributed by atoms with Crippen molar-refractivity contribution in [1.29, 1.82) is 0 Å². The monoisotopic (exact) mass is 1140 g/mol. The number of rotatable bonds is 61. The van der Waals surface area contributed by atoms with Crippen molar-refractivity contribution in [1.82, 2.24) is 0 Å². The first-order chi connectivity index (χ1) is 39.2. The first-order valence-corrected chi connectivity index (χ1v) is 34.3. The predicted molar refractivity (Wildman–Crippen MR) is 335 cm³/mol. The van der Waals surface area contributed by atoms with Crippen molar-refractivity contribution >= 4 is 25.7 Å². The lowest BCUT2D eigenvalue weighted by atomic mass is 10.1. The van der Waals surface area contributed by atoms with Gasteiger partial charge in [0.2, 0.25) is 0 Å². The minimum atomic E-state index is -4.76. The van der Waals surface area contributed by atoms with E-state index in [9.17, 15) is 28.9 Å². The Morgan fingerprint density at radius 1 is 0.362 bits per heavy atom. The predicted octanol–water partition coefficient (Wildman–Crippen LogP) is 20.0. The molecule has 0 rings (SSSR count). The second kappa shape index (κ2) is 62.0. The van der Waals surface area contributed by atoms with Gasteiger partial charge in [-0.15, -0.1) is 0 Å². The molecule has 0 bridgehead atoms. The average molecular weight is 1150 g/mol. The minimum absolute atomic E-state index is 0.157. The fourth-order valence-electron chi connectivity index (χ4n) is 9.10.